The van der Waals surface area contributed by atoms with Gasteiger partial charge < -0.3 is 0 Å². The van der Waals surface area contributed by atoms with Gasteiger partial charge in [0.05, 0.1) is 0 Å². The smallest absolute Gasteiger partial charge is 0.202 e. The van der Waals surface area contributed by atoms with Gasteiger partial charge in [-0.3, -0.25) is 0 Å². The summed E-state index contributed by atoms with van der Waals surface area (Å²) in [5, 5.41) is 0.0305. The molecule has 1 aliphatic carbocycles. The lowest BCUT2D eigenvalue weighted by molar-refractivity contribution is 0.0358. The Kier molecular flexibility index (Phi) is 6.27. The first-order chi connectivity index (χ1) is 13.3. The summed E-state index contributed by atoms with van der Waals surface area (Å²) in [5.41, 5.74) is -1.91. The zero-order chi connectivity index (χ0) is 20.3. The van der Waals surface area contributed by atoms with Crippen molar-refractivity contribution >= 4 is 10.8 Å². The van der Waals surface area contributed by atoms with E-state index in [4.69, 9.17) is 0 Å². The van der Waals surface area contributed by atoms with Gasteiger partial charge in [-0.25, -0.2) is 22.0 Å². The van der Waals surface area contributed by atoms with Crippen LogP contribution in [0.2, 0.25) is 0 Å². The minimum atomic E-state index is -2.21. The van der Waals surface area contributed by atoms with E-state index in [0.29, 0.717) is 12.0 Å². The lowest BCUT2D eigenvalue weighted by Crippen LogP contribution is -2.39. The number of rotatable bonds is 4. The van der Waals surface area contributed by atoms with Gasteiger partial charge in [0.25, 0.3) is 0 Å². The molecule has 0 nitrogen and oxygen atoms in total. The number of alkyl halides is 2. The third-order valence-corrected chi connectivity index (χ3v) is 5.56. The molecule has 5 heteroatoms. The SMILES string of the molecule is CCCCCC1CCC(F)(C#Cc2ccc3c(F)c(F)c(F)cc3c2)C(F)C1. The van der Waals surface area contributed by atoms with Crippen LogP contribution in [-0.2, 0) is 0 Å². The van der Waals surface area contributed by atoms with Crippen LogP contribution in [-0.4, -0.2) is 11.8 Å². The number of hydrogen-bond donors (Lipinski definition) is 0. The molecule has 1 aliphatic rings. The summed E-state index contributed by atoms with van der Waals surface area (Å²) in [4.78, 5) is 0. The maximum absolute atomic E-state index is 15.0. The number of unbranched alkanes of at least 4 members (excludes halogenated alkanes) is 2. The van der Waals surface area contributed by atoms with Gasteiger partial charge in [0, 0.05) is 10.9 Å². The normalized spacial score (nSPS) is 24.8. The molecule has 3 unspecified atom stereocenters. The molecule has 3 rings (SSSR count). The maximum Gasteiger partial charge on any atom is 0.202 e. The van der Waals surface area contributed by atoms with Crippen LogP contribution in [0.4, 0.5) is 22.0 Å². The Morgan fingerprint density at radius 2 is 1.89 bits per heavy atom. The van der Waals surface area contributed by atoms with Crippen molar-refractivity contribution in [3.8, 4) is 11.8 Å². The summed E-state index contributed by atoms with van der Waals surface area (Å²) in [7, 11) is 0. The molecular weight excluding hydrogens is 371 g/mol. The molecule has 3 atom stereocenters. The molecule has 0 N–H and O–H groups in total. The lowest BCUT2D eigenvalue weighted by atomic mass is 9.77. The second-order valence-corrected chi connectivity index (χ2v) is 7.64. The fourth-order valence-electron chi connectivity index (χ4n) is 3.81. The van der Waals surface area contributed by atoms with E-state index in [1.54, 1.807) is 0 Å². The van der Waals surface area contributed by atoms with Crippen molar-refractivity contribution in [2.24, 2.45) is 5.92 Å². The molecule has 0 heterocycles. The third kappa shape index (κ3) is 4.32. The molecule has 0 amide bonds. The predicted molar refractivity (Wildman–Crippen MR) is 101 cm³/mol. The lowest BCUT2D eigenvalue weighted by Gasteiger charge is -2.33. The van der Waals surface area contributed by atoms with Crippen molar-refractivity contribution in [1.29, 1.82) is 0 Å². The molecule has 1 saturated carbocycles. The number of fused-ring (bicyclic) bond motifs is 1. The van der Waals surface area contributed by atoms with E-state index in [-0.39, 0.29) is 29.5 Å². The highest BCUT2D eigenvalue weighted by Gasteiger charge is 2.43. The molecule has 28 heavy (non-hydrogen) atoms. The van der Waals surface area contributed by atoms with E-state index < -0.39 is 29.3 Å². The molecule has 1 fully saturated rings. The molecule has 0 spiro atoms. The van der Waals surface area contributed by atoms with Crippen molar-refractivity contribution in [2.45, 2.75) is 63.7 Å². The molecule has 0 saturated heterocycles. The monoisotopic (exact) mass is 394 g/mol. The average molecular weight is 394 g/mol. The van der Waals surface area contributed by atoms with Crippen molar-refractivity contribution in [1.82, 2.24) is 0 Å². The van der Waals surface area contributed by atoms with Crippen LogP contribution in [0, 0.1) is 35.2 Å². The Bertz CT molecular complexity index is 911. The van der Waals surface area contributed by atoms with E-state index in [1.165, 1.54) is 18.2 Å². The molecule has 2 aromatic carbocycles. The van der Waals surface area contributed by atoms with Gasteiger partial charge >= 0.3 is 0 Å². The first-order valence-electron chi connectivity index (χ1n) is 9.77. The zero-order valence-electron chi connectivity index (χ0n) is 15.8. The van der Waals surface area contributed by atoms with Gasteiger partial charge in [-0.05, 0) is 48.8 Å². The highest BCUT2D eigenvalue weighted by atomic mass is 19.2. The summed E-state index contributed by atoms with van der Waals surface area (Å²) in [6.45, 7) is 2.10. The fourth-order valence-corrected chi connectivity index (χ4v) is 3.81. The van der Waals surface area contributed by atoms with Gasteiger partial charge in [-0.15, -0.1) is 0 Å². The molecule has 0 radical (unpaired) electrons. The van der Waals surface area contributed by atoms with Crippen molar-refractivity contribution in [2.75, 3.05) is 0 Å². The second kappa shape index (κ2) is 8.51. The highest BCUT2D eigenvalue weighted by Crippen LogP contribution is 2.39. The largest absolute Gasteiger partial charge is 0.243 e. The Balaban J connectivity index is 1.76. The van der Waals surface area contributed by atoms with Gasteiger partial charge in [0.1, 0.15) is 6.17 Å². The van der Waals surface area contributed by atoms with Crippen LogP contribution >= 0.6 is 0 Å². The Hall–Kier alpha value is -2.09. The van der Waals surface area contributed by atoms with Gasteiger partial charge in [-0.2, -0.15) is 0 Å². The van der Waals surface area contributed by atoms with Gasteiger partial charge in [0.2, 0.25) is 5.67 Å². The number of halogens is 5. The van der Waals surface area contributed by atoms with Crippen molar-refractivity contribution in [3.05, 3.63) is 47.3 Å². The Morgan fingerprint density at radius 1 is 1.11 bits per heavy atom. The molecule has 0 aliphatic heterocycles. The molecule has 0 bridgehead atoms. The molecular formula is C23H23F5. The van der Waals surface area contributed by atoms with E-state index in [2.05, 4.69) is 18.8 Å². The first-order valence-corrected chi connectivity index (χ1v) is 9.77. The summed E-state index contributed by atoms with van der Waals surface area (Å²) < 4.78 is 70.0. The van der Waals surface area contributed by atoms with Crippen LogP contribution < -0.4 is 0 Å². The van der Waals surface area contributed by atoms with E-state index in [9.17, 15) is 22.0 Å². The molecule has 150 valence electrons. The van der Waals surface area contributed by atoms with E-state index in [0.717, 1.165) is 31.7 Å². The minimum Gasteiger partial charge on any atom is -0.243 e. The van der Waals surface area contributed by atoms with E-state index >= 15 is 0 Å². The van der Waals surface area contributed by atoms with Gasteiger partial charge in [0.15, 0.2) is 17.5 Å². The highest BCUT2D eigenvalue weighted by molar-refractivity contribution is 5.84. The predicted octanol–water partition coefficient (Wildman–Crippen LogP) is 7.04. The average Bonchev–Trinajstić information content (AvgIpc) is 2.68. The van der Waals surface area contributed by atoms with Crippen molar-refractivity contribution in [3.63, 3.8) is 0 Å². The first kappa shape index (κ1) is 20.6. The van der Waals surface area contributed by atoms with E-state index in [1.807, 2.05) is 0 Å². The summed E-state index contributed by atoms with van der Waals surface area (Å²) in [5.74, 6) is 1.07. The topological polar surface area (TPSA) is 0 Å². The van der Waals surface area contributed by atoms with Crippen LogP contribution in [0.1, 0.15) is 57.4 Å². The van der Waals surface area contributed by atoms with Gasteiger partial charge in [-0.1, -0.05) is 50.5 Å². The summed E-state index contributed by atoms with van der Waals surface area (Å²) in [6, 6.07) is 4.87. The zero-order valence-corrected chi connectivity index (χ0v) is 15.8. The fraction of sp³-hybridized carbons (Fsp3) is 0.478. The second-order valence-electron chi connectivity index (χ2n) is 7.64. The molecule has 2 aromatic rings. The van der Waals surface area contributed by atoms with Crippen LogP contribution in [0.5, 0.6) is 0 Å². The Morgan fingerprint density at radius 3 is 2.61 bits per heavy atom. The summed E-state index contributed by atoms with van der Waals surface area (Å²) in [6.07, 6.45) is 3.30. The van der Waals surface area contributed by atoms with Crippen LogP contribution in [0.25, 0.3) is 10.8 Å². The molecule has 0 aromatic heterocycles. The standard InChI is InChI=1S/C23H23F5/c1-2-3-4-5-15-8-10-23(28,20(25)13-15)11-9-16-6-7-18-17(12-16)14-19(24)22(27)21(18)26/h6-7,12,14-15,20H,2-5,8,10,13H2,1H3. The minimum absolute atomic E-state index is 0.0417. The maximum atomic E-state index is 15.0. The quantitative estimate of drug-likeness (QED) is 0.226. The third-order valence-electron chi connectivity index (χ3n) is 5.56. The van der Waals surface area contributed by atoms with Crippen LogP contribution in [0.3, 0.4) is 0 Å². The van der Waals surface area contributed by atoms with Crippen molar-refractivity contribution < 1.29 is 22.0 Å². The number of benzene rings is 2. The van der Waals surface area contributed by atoms with Crippen LogP contribution in [0.15, 0.2) is 24.3 Å². The summed E-state index contributed by atoms with van der Waals surface area (Å²) >= 11 is 0. The Labute approximate surface area is 162 Å². The number of hydrogen-bond acceptors (Lipinski definition) is 0.